The summed E-state index contributed by atoms with van der Waals surface area (Å²) in [5, 5.41) is 9.35. The maximum Gasteiger partial charge on any atom is 0.337 e. The second-order valence-corrected chi connectivity index (χ2v) is 5.98. The molecular formula is C17H26N2O2. The number of nitrogens with two attached hydrogens (primary N) is 1. The average molecular weight is 290 g/mol. The van der Waals surface area contributed by atoms with E-state index in [0.717, 1.165) is 43.5 Å². The molecule has 3 N–H and O–H groups in total. The zero-order valence-electron chi connectivity index (χ0n) is 13.0. The normalized spacial score (nSPS) is 16.4. The highest BCUT2D eigenvalue weighted by Crippen LogP contribution is 2.33. The minimum atomic E-state index is -0.903. The zero-order valence-corrected chi connectivity index (χ0v) is 13.0. The molecule has 0 amide bonds. The topological polar surface area (TPSA) is 66.6 Å². The highest BCUT2D eigenvalue weighted by atomic mass is 16.4. The summed E-state index contributed by atoms with van der Waals surface area (Å²) in [5.74, 6) is 0.676. The van der Waals surface area contributed by atoms with Gasteiger partial charge in [0.2, 0.25) is 0 Å². The van der Waals surface area contributed by atoms with Crippen molar-refractivity contribution in [3.8, 4) is 0 Å². The molecule has 0 radical (unpaired) electrons. The minimum Gasteiger partial charge on any atom is -0.478 e. The number of nitrogen functional groups attached to an aromatic ring is 1. The Morgan fingerprint density at radius 3 is 2.48 bits per heavy atom. The van der Waals surface area contributed by atoms with Crippen LogP contribution in [0.25, 0.3) is 0 Å². The lowest BCUT2D eigenvalue weighted by Gasteiger charge is -2.37. The summed E-state index contributed by atoms with van der Waals surface area (Å²) in [6.45, 7) is 6.41. The molecule has 4 nitrogen and oxygen atoms in total. The minimum absolute atomic E-state index is 0.316. The molecule has 116 valence electrons. The van der Waals surface area contributed by atoms with E-state index in [1.807, 2.05) is 6.07 Å². The summed E-state index contributed by atoms with van der Waals surface area (Å²) < 4.78 is 0. The number of carbonyl (C=O) groups is 1. The van der Waals surface area contributed by atoms with Crippen LogP contribution in [0.4, 0.5) is 11.4 Å². The number of anilines is 2. The largest absolute Gasteiger partial charge is 0.478 e. The van der Waals surface area contributed by atoms with E-state index < -0.39 is 5.97 Å². The highest BCUT2D eigenvalue weighted by molar-refractivity contribution is 5.95. The molecule has 1 aromatic rings. The molecule has 0 spiro atoms. The van der Waals surface area contributed by atoms with Crippen LogP contribution in [-0.2, 0) is 0 Å². The molecule has 1 heterocycles. The van der Waals surface area contributed by atoms with E-state index in [0.29, 0.717) is 11.3 Å². The van der Waals surface area contributed by atoms with Gasteiger partial charge in [-0.05, 0) is 42.9 Å². The van der Waals surface area contributed by atoms with Crippen molar-refractivity contribution in [2.75, 3.05) is 23.7 Å². The molecule has 0 atom stereocenters. The first-order valence-corrected chi connectivity index (χ1v) is 7.94. The quantitative estimate of drug-likeness (QED) is 0.813. The van der Waals surface area contributed by atoms with Crippen molar-refractivity contribution in [2.45, 2.75) is 39.5 Å². The van der Waals surface area contributed by atoms with Gasteiger partial charge in [0, 0.05) is 18.8 Å². The van der Waals surface area contributed by atoms with Gasteiger partial charge in [0.05, 0.1) is 11.3 Å². The van der Waals surface area contributed by atoms with Gasteiger partial charge in [0.1, 0.15) is 0 Å². The molecule has 1 aliphatic rings. The van der Waals surface area contributed by atoms with Gasteiger partial charge in [-0.3, -0.25) is 0 Å². The van der Waals surface area contributed by atoms with Crippen LogP contribution >= 0.6 is 0 Å². The molecule has 1 aromatic carbocycles. The Hall–Kier alpha value is -1.71. The van der Waals surface area contributed by atoms with Crippen molar-refractivity contribution in [1.29, 1.82) is 0 Å². The molecule has 21 heavy (non-hydrogen) atoms. The van der Waals surface area contributed by atoms with Crippen LogP contribution in [0, 0.1) is 11.8 Å². The molecule has 0 bridgehead atoms. The summed E-state index contributed by atoms with van der Waals surface area (Å²) in [7, 11) is 0. The monoisotopic (exact) mass is 290 g/mol. The Morgan fingerprint density at radius 1 is 1.33 bits per heavy atom. The average Bonchev–Trinajstić information content (AvgIpc) is 2.49. The Balaban J connectivity index is 2.10. The van der Waals surface area contributed by atoms with Crippen LogP contribution < -0.4 is 10.6 Å². The first kappa shape index (κ1) is 15.7. The third-order valence-electron chi connectivity index (χ3n) is 4.85. The van der Waals surface area contributed by atoms with E-state index in [4.69, 9.17) is 5.73 Å². The molecule has 4 heteroatoms. The van der Waals surface area contributed by atoms with Gasteiger partial charge in [0.25, 0.3) is 0 Å². The lowest BCUT2D eigenvalue weighted by atomic mass is 9.81. The lowest BCUT2D eigenvalue weighted by Crippen LogP contribution is -2.36. The van der Waals surface area contributed by atoms with Gasteiger partial charge in [-0.2, -0.15) is 0 Å². The molecule has 0 unspecified atom stereocenters. The van der Waals surface area contributed by atoms with Crippen LogP contribution in [0.3, 0.4) is 0 Å². The van der Waals surface area contributed by atoms with E-state index in [1.165, 1.54) is 12.8 Å². The van der Waals surface area contributed by atoms with Crippen molar-refractivity contribution < 1.29 is 9.90 Å². The van der Waals surface area contributed by atoms with E-state index in [2.05, 4.69) is 18.7 Å². The summed E-state index contributed by atoms with van der Waals surface area (Å²) >= 11 is 0. The Bertz CT molecular complexity index is 490. The number of nitrogens with zero attached hydrogens (tertiary/aromatic N) is 1. The van der Waals surface area contributed by atoms with Gasteiger partial charge in [0.15, 0.2) is 0 Å². The fraction of sp³-hybridized carbons (Fsp3) is 0.588. The molecule has 0 saturated carbocycles. The predicted molar refractivity (Wildman–Crippen MR) is 86.8 cm³/mol. The lowest BCUT2D eigenvalue weighted by molar-refractivity contribution is 0.0697. The molecule has 0 aliphatic carbocycles. The van der Waals surface area contributed by atoms with Crippen LogP contribution in [0.2, 0.25) is 0 Å². The van der Waals surface area contributed by atoms with Crippen molar-refractivity contribution in [3.05, 3.63) is 23.8 Å². The van der Waals surface area contributed by atoms with Gasteiger partial charge in [-0.25, -0.2) is 4.79 Å². The molecule has 1 fully saturated rings. The fourth-order valence-corrected chi connectivity index (χ4v) is 3.57. The maximum absolute atomic E-state index is 11.4. The number of hydrogen-bond acceptors (Lipinski definition) is 3. The molecule has 0 aromatic heterocycles. The fourth-order valence-electron chi connectivity index (χ4n) is 3.57. The summed E-state index contributed by atoms with van der Waals surface area (Å²) in [4.78, 5) is 13.6. The van der Waals surface area contributed by atoms with Gasteiger partial charge < -0.3 is 15.7 Å². The third-order valence-corrected chi connectivity index (χ3v) is 4.85. The number of rotatable bonds is 5. The van der Waals surface area contributed by atoms with Crippen molar-refractivity contribution in [2.24, 2.45) is 11.8 Å². The highest BCUT2D eigenvalue weighted by Gasteiger charge is 2.26. The van der Waals surface area contributed by atoms with E-state index in [9.17, 15) is 9.90 Å². The number of benzene rings is 1. The number of aromatic carboxylic acids is 1. The first-order valence-electron chi connectivity index (χ1n) is 7.94. The Labute approximate surface area is 126 Å². The standard InChI is InChI=1S/C17H26N2O2/c1-3-12(4-2)13-7-9-19(10-8-13)16-6-5-14(18)11-15(16)17(20)21/h5-6,11-13H,3-4,7-10,18H2,1-2H3,(H,20,21). The van der Waals surface area contributed by atoms with Gasteiger partial charge in [-0.15, -0.1) is 0 Å². The second kappa shape index (κ2) is 6.83. The second-order valence-electron chi connectivity index (χ2n) is 5.98. The SMILES string of the molecule is CCC(CC)C1CCN(c2ccc(N)cc2C(=O)O)CC1. The number of carboxylic acids is 1. The molecular weight excluding hydrogens is 264 g/mol. The predicted octanol–water partition coefficient (Wildman–Crippen LogP) is 3.62. The third kappa shape index (κ3) is 3.49. The van der Waals surface area contributed by atoms with Crippen LogP contribution in [0.5, 0.6) is 0 Å². The van der Waals surface area contributed by atoms with E-state index in [-0.39, 0.29) is 0 Å². The first-order chi connectivity index (χ1) is 10.1. The van der Waals surface area contributed by atoms with E-state index >= 15 is 0 Å². The number of piperidine rings is 1. The smallest absolute Gasteiger partial charge is 0.337 e. The van der Waals surface area contributed by atoms with Crippen molar-refractivity contribution in [1.82, 2.24) is 0 Å². The Kier molecular flexibility index (Phi) is 5.10. The van der Waals surface area contributed by atoms with Crippen molar-refractivity contribution >= 4 is 17.3 Å². The Morgan fingerprint density at radius 2 is 1.95 bits per heavy atom. The van der Waals surface area contributed by atoms with Crippen molar-refractivity contribution in [3.63, 3.8) is 0 Å². The number of hydrogen-bond donors (Lipinski definition) is 2. The van der Waals surface area contributed by atoms with E-state index in [1.54, 1.807) is 12.1 Å². The summed E-state index contributed by atoms with van der Waals surface area (Å²) in [6.07, 6.45) is 4.78. The van der Waals surface area contributed by atoms with Gasteiger partial charge in [-0.1, -0.05) is 26.7 Å². The van der Waals surface area contributed by atoms with Crippen LogP contribution in [0.1, 0.15) is 49.9 Å². The van der Waals surface area contributed by atoms with Crippen LogP contribution in [-0.4, -0.2) is 24.2 Å². The molecule has 2 rings (SSSR count). The summed E-state index contributed by atoms with van der Waals surface area (Å²) in [6, 6.07) is 5.19. The summed E-state index contributed by atoms with van der Waals surface area (Å²) in [5.41, 5.74) is 7.33. The zero-order chi connectivity index (χ0) is 15.4. The maximum atomic E-state index is 11.4. The number of carboxylic acid groups (broad SMARTS) is 1. The van der Waals surface area contributed by atoms with Crippen LogP contribution in [0.15, 0.2) is 18.2 Å². The van der Waals surface area contributed by atoms with Gasteiger partial charge >= 0.3 is 5.97 Å². The molecule has 1 saturated heterocycles. The molecule has 1 aliphatic heterocycles.